The highest BCUT2D eigenvalue weighted by Crippen LogP contribution is 2.33. The Hall–Kier alpha value is -5.97. The number of aromatic hydroxyl groups is 1. The number of aliphatic hydroxyl groups is 1. The van der Waals surface area contributed by atoms with E-state index >= 15 is 0 Å². The summed E-state index contributed by atoms with van der Waals surface area (Å²) in [5.41, 5.74) is 2.23. The maximum atomic E-state index is 13.4. The van der Waals surface area contributed by atoms with Crippen LogP contribution in [0.15, 0.2) is 91.0 Å². The van der Waals surface area contributed by atoms with Gasteiger partial charge in [-0.25, -0.2) is 4.79 Å². The number of carboxylic acid groups (broad SMARTS) is 1. The van der Waals surface area contributed by atoms with Crippen LogP contribution in [-0.2, 0) is 56.2 Å². The van der Waals surface area contributed by atoms with Crippen molar-refractivity contribution in [1.82, 2.24) is 0 Å². The lowest BCUT2D eigenvalue weighted by molar-refractivity contribution is -0.182. The molecular formula is C42H43Cl2F3O13. The first-order valence-corrected chi connectivity index (χ1v) is 18.4. The van der Waals surface area contributed by atoms with E-state index in [9.17, 15) is 56.6 Å². The molecular weight excluding hydrogens is 840 g/mol. The van der Waals surface area contributed by atoms with Gasteiger partial charge in [-0.15, -0.1) is 0 Å². The number of carbonyl (C=O) groups excluding carboxylic acids is 7. The molecule has 0 spiro atoms. The molecule has 3 N–H and O–H groups in total. The summed E-state index contributed by atoms with van der Waals surface area (Å²) in [6.07, 6.45) is -3.36. The molecule has 1 aliphatic heterocycles. The van der Waals surface area contributed by atoms with Crippen LogP contribution in [0.1, 0.15) is 72.6 Å². The van der Waals surface area contributed by atoms with E-state index in [0.717, 1.165) is 18.1 Å². The number of phenolic OH excluding ortho intramolecular Hbond substituents is 1. The van der Waals surface area contributed by atoms with Gasteiger partial charge in [0.05, 0.1) is 6.61 Å². The molecule has 0 fully saturated rings. The normalized spacial score (nSPS) is 16.0. The number of aliphatic hydroxyl groups excluding tert-OH is 1. The molecule has 13 nitrogen and oxygen atoms in total. The van der Waals surface area contributed by atoms with Gasteiger partial charge in [0.25, 0.3) is 5.78 Å². The highest BCUT2D eigenvalue weighted by molar-refractivity contribution is 6.97. The Kier molecular flexibility index (Phi) is 25.6. The van der Waals surface area contributed by atoms with Crippen molar-refractivity contribution in [1.29, 1.82) is 0 Å². The number of allylic oxidation sites excluding steroid dienone is 2. The molecule has 324 valence electrons. The largest absolute Gasteiger partial charge is 0.507 e. The van der Waals surface area contributed by atoms with E-state index in [1.165, 1.54) is 24.3 Å². The number of carbonyl (C=O) groups is 8. The Bertz CT molecular complexity index is 1970. The number of esters is 2. The van der Waals surface area contributed by atoms with Crippen LogP contribution in [0.4, 0.5) is 13.2 Å². The molecule has 0 amide bonds. The van der Waals surface area contributed by atoms with Crippen molar-refractivity contribution in [3.8, 4) is 5.75 Å². The fourth-order valence-electron chi connectivity index (χ4n) is 4.19. The molecule has 60 heavy (non-hydrogen) atoms. The van der Waals surface area contributed by atoms with Crippen LogP contribution in [0.25, 0.3) is 6.08 Å². The predicted molar refractivity (Wildman–Crippen MR) is 214 cm³/mol. The lowest BCUT2D eigenvalue weighted by Gasteiger charge is -2.24. The standard InChI is InChI=1S/C20H17F3O6.C10H12O2.C7H8O.C3H6O2.C2Cl2O2/c1-10-8-12-4-3-5-14(24)18(27)15(25)7-6-13(20(21,22)23)11(2)29-19(28)17(12)16(26)9-10;1-2-10(11)12-8-9-6-4-3-5-7-9;8-6-7-4-2-1-3-5-7;1-2-3(4)5;3-1(5)2(4)6/h3-4,6-9,11,13,26H,5H2,1-2H3;3-7H,2,8H2,1H3;1-5,8H,6H2;2H2,1H3,(H,4,5);/b4-3+,7-6-;;;;. The Labute approximate surface area is 353 Å². The van der Waals surface area contributed by atoms with Crippen LogP contribution < -0.4 is 0 Å². The molecule has 2 unspecified atom stereocenters. The van der Waals surface area contributed by atoms with Crippen LogP contribution in [-0.4, -0.2) is 73.3 Å². The number of fused-ring (bicyclic) bond motifs is 1. The quantitative estimate of drug-likeness (QED) is 0.125. The molecule has 0 radical (unpaired) electrons. The van der Waals surface area contributed by atoms with Crippen LogP contribution >= 0.6 is 23.2 Å². The Morgan fingerprint density at radius 3 is 1.80 bits per heavy atom. The number of ether oxygens (including phenoxy) is 2. The molecule has 0 saturated heterocycles. The van der Waals surface area contributed by atoms with Gasteiger partial charge in [-0.1, -0.05) is 98.8 Å². The average molecular weight is 884 g/mol. The number of alkyl halides is 3. The van der Waals surface area contributed by atoms with Gasteiger partial charge in [0, 0.05) is 19.3 Å². The first-order chi connectivity index (χ1) is 28.1. The number of benzene rings is 3. The van der Waals surface area contributed by atoms with E-state index in [4.69, 9.17) is 19.7 Å². The fraction of sp³-hybridized carbons (Fsp3) is 0.286. The van der Waals surface area contributed by atoms with Crippen molar-refractivity contribution >= 4 is 75.0 Å². The Morgan fingerprint density at radius 2 is 1.37 bits per heavy atom. The predicted octanol–water partition coefficient (Wildman–Crippen LogP) is 7.42. The minimum atomic E-state index is -4.90. The Balaban J connectivity index is 0.000000907. The number of hydrogen-bond acceptors (Lipinski definition) is 12. The van der Waals surface area contributed by atoms with E-state index in [1.807, 2.05) is 60.7 Å². The van der Waals surface area contributed by atoms with E-state index in [2.05, 4.69) is 23.2 Å². The molecule has 1 aliphatic rings. The fourth-order valence-corrected chi connectivity index (χ4v) is 4.19. The molecule has 2 atom stereocenters. The zero-order chi connectivity index (χ0) is 46.0. The molecule has 3 aromatic carbocycles. The van der Waals surface area contributed by atoms with Gasteiger partial charge in [0.2, 0.25) is 11.6 Å². The van der Waals surface area contributed by atoms with Crippen molar-refractivity contribution in [3.63, 3.8) is 0 Å². The summed E-state index contributed by atoms with van der Waals surface area (Å²) in [5.74, 6) is -9.00. The van der Waals surface area contributed by atoms with Gasteiger partial charge in [0.1, 0.15) is 29.9 Å². The highest BCUT2D eigenvalue weighted by Gasteiger charge is 2.43. The zero-order valence-electron chi connectivity index (χ0n) is 32.7. The number of aryl methyl sites for hydroxylation is 1. The maximum Gasteiger partial charge on any atom is 0.398 e. The molecule has 1 heterocycles. The number of carboxylic acids is 1. The first kappa shape index (κ1) is 54.0. The van der Waals surface area contributed by atoms with Crippen LogP contribution in [0.5, 0.6) is 5.75 Å². The van der Waals surface area contributed by atoms with Gasteiger partial charge < -0.3 is 24.8 Å². The summed E-state index contributed by atoms with van der Waals surface area (Å²) in [5, 5.41) is 24.1. The topological polar surface area (TPSA) is 216 Å². The smallest absolute Gasteiger partial charge is 0.398 e. The second kappa shape index (κ2) is 28.5. The van der Waals surface area contributed by atoms with E-state index in [0.29, 0.717) is 30.7 Å². The second-order valence-electron chi connectivity index (χ2n) is 11.9. The molecule has 0 aromatic heterocycles. The van der Waals surface area contributed by atoms with Gasteiger partial charge in [-0.3, -0.25) is 33.6 Å². The number of hydrogen-bond donors (Lipinski definition) is 3. The molecule has 0 saturated carbocycles. The minimum Gasteiger partial charge on any atom is -0.507 e. The van der Waals surface area contributed by atoms with E-state index in [-0.39, 0.29) is 30.1 Å². The molecule has 3 aromatic rings. The van der Waals surface area contributed by atoms with Crippen molar-refractivity contribution in [2.45, 2.75) is 72.5 Å². The molecule has 0 aliphatic carbocycles. The number of ketones is 3. The number of halogens is 5. The van der Waals surface area contributed by atoms with E-state index in [1.54, 1.807) is 20.8 Å². The number of phenols is 1. The number of aliphatic carboxylic acids is 1. The zero-order valence-corrected chi connectivity index (χ0v) is 34.3. The SMILES string of the molecule is CCC(=O)O.CCC(=O)OCc1ccccc1.Cc1cc(O)c2c(c1)/C=C/CC(=O)C(=O)C(=O)/C=C\C(C(F)(F)F)C(C)OC2=O.O=C(Cl)C(=O)Cl.OCc1ccccc1. The van der Waals surface area contributed by atoms with Crippen molar-refractivity contribution < 1.29 is 76.3 Å². The van der Waals surface area contributed by atoms with Crippen molar-refractivity contribution in [2.24, 2.45) is 5.92 Å². The highest BCUT2D eigenvalue weighted by atomic mass is 35.5. The van der Waals surface area contributed by atoms with Gasteiger partial charge >= 0.3 is 34.6 Å². The number of rotatable bonds is 6. The molecule has 18 heteroatoms. The minimum absolute atomic E-state index is 0.0856. The summed E-state index contributed by atoms with van der Waals surface area (Å²) < 4.78 is 49.9. The third-order valence-corrected chi connectivity index (χ3v) is 7.66. The summed E-state index contributed by atoms with van der Waals surface area (Å²) in [6.45, 7) is 6.47. The molecule has 4 rings (SSSR count). The van der Waals surface area contributed by atoms with Crippen LogP contribution in [0.3, 0.4) is 0 Å². The first-order valence-electron chi connectivity index (χ1n) is 17.6. The number of cyclic esters (lactones) is 1. The second-order valence-corrected chi connectivity index (χ2v) is 12.6. The summed E-state index contributed by atoms with van der Waals surface area (Å²) in [4.78, 5) is 86.8. The van der Waals surface area contributed by atoms with E-state index < -0.39 is 70.1 Å². The monoisotopic (exact) mass is 882 g/mol. The van der Waals surface area contributed by atoms with Gasteiger partial charge in [-0.2, -0.15) is 13.2 Å². The average Bonchev–Trinajstić information content (AvgIpc) is 3.20. The lowest BCUT2D eigenvalue weighted by Crippen LogP contribution is -2.34. The van der Waals surface area contributed by atoms with Crippen molar-refractivity contribution in [2.75, 3.05) is 0 Å². The van der Waals surface area contributed by atoms with Crippen LogP contribution in [0, 0.1) is 12.8 Å². The summed E-state index contributed by atoms with van der Waals surface area (Å²) >= 11 is 8.98. The maximum absolute atomic E-state index is 13.4. The van der Waals surface area contributed by atoms with Gasteiger partial charge in [0.15, 0.2) is 0 Å². The Morgan fingerprint density at radius 1 is 0.850 bits per heavy atom. The van der Waals surface area contributed by atoms with Crippen molar-refractivity contribution in [3.05, 3.63) is 119 Å². The summed E-state index contributed by atoms with van der Waals surface area (Å²) in [6, 6.07) is 21.9. The third kappa shape index (κ3) is 22.3. The van der Waals surface area contributed by atoms with Gasteiger partial charge in [-0.05, 0) is 71.4 Å². The summed E-state index contributed by atoms with van der Waals surface area (Å²) in [7, 11) is 0. The third-order valence-electron chi connectivity index (χ3n) is 7.22. The molecule has 0 bridgehead atoms. The number of Topliss-reactive ketones (excluding diaryl/α,β-unsaturated/α-hetero) is 2. The van der Waals surface area contributed by atoms with Crippen LogP contribution in [0.2, 0.25) is 0 Å². The lowest BCUT2D eigenvalue weighted by atomic mass is 9.98.